The average Bonchev–Trinajstić information content (AvgIpc) is 2.97. The number of hydrogen-bond donors (Lipinski definition) is 2. The second-order valence-electron chi connectivity index (χ2n) is 6.71. The Bertz CT molecular complexity index is 434. The molecule has 0 unspecified atom stereocenters. The summed E-state index contributed by atoms with van der Waals surface area (Å²) >= 11 is 0. The lowest BCUT2D eigenvalue weighted by Crippen LogP contribution is -2.51. The molecule has 3 rings (SSSR count). The van der Waals surface area contributed by atoms with Crippen LogP contribution in [0, 0.1) is 0 Å². The third-order valence-electron chi connectivity index (χ3n) is 5.16. The van der Waals surface area contributed by atoms with E-state index >= 15 is 0 Å². The van der Waals surface area contributed by atoms with E-state index in [1.165, 1.54) is 0 Å². The zero-order valence-corrected chi connectivity index (χ0v) is 14.2. The Kier molecular flexibility index (Phi) is 6.62. The molecule has 0 aromatic carbocycles. The molecule has 2 N–H and O–H groups in total. The molecule has 7 heteroatoms. The van der Waals surface area contributed by atoms with Crippen molar-refractivity contribution in [3.63, 3.8) is 0 Å². The van der Waals surface area contributed by atoms with Gasteiger partial charge in [0.2, 0.25) is 5.91 Å². The maximum absolute atomic E-state index is 12.1. The molecule has 24 heavy (non-hydrogen) atoms. The number of amides is 1. The Labute approximate surface area is 143 Å². The number of rotatable bonds is 5. The molecule has 1 aliphatic carbocycles. The van der Waals surface area contributed by atoms with E-state index in [0.717, 1.165) is 72.0 Å². The van der Waals surface area contributed by atoms with Crippen LogP contribution < -0.4 is 5.32 Å². The molecular formula is C17H29N3O4. The lowest BCUT2D eigenvalue weighted by molar-refractivity contribution is -0.118. The van der Waals surface area contributed by atoms with Crippen LogP contribution in [0.25, 0.3) is 0 Å². The third kappa shape index (κ3) is 4.77. The number of morpholine rings is 2. The van der Waals surface area contributed by atoms with E-state index in [9.17, 15) is 9.90 Å². The Hall–Kier alpha value is -0.990. The minimum atomic E-state index is -0.500. The molecule has 0 spiro atoms. The van der Waals surface area contributed by atoms with Gasteiger partial charge in [0.25, 0.3) is 0 Å². The second-order valence-corrected chi connectivity index (χ2v) is 6.71. The number of carbonyl (C=O) groups is 1. The first-order valence-corrected chi connectivity index (χ1v) is 9.01. The number of nitrogens with zero attached hydrogens (tertiary/aromatic N) is 2. The SMILES string of the molecule is O=C(/C=C/CN1CCOCC1)N[C@@H]1CC[C@@H](N2CCOCC2)[C@@H]1O. The Morgan fingerprint density at radius 3 is 2.46 bits per heavy atom. The summed E-state index contributed by atoms with van der Waals surface area (Å²) < 4.78 is 10.7. The fraction of sp³-hybridized carbons (Fsp3) is 0.824. The van der Waals surface area contributed by atoms with Crippen LogP contribution in [-0.2, 0) is 14.3 Å². The molecule has 3 fully saturated rings. The number of hydrogen-bond acceptors (Lipinski definition) is 6. The molecule has 0 aromatic rings. The molecule has 136 valence electrons. The van der Waals surface area contributed by atoms with Crippen LogP contribution in [-0.4, -0.2) is 98.2 Å². The molecule has 2 heterocycles. The fourth-order valence-electron chi connectivity index (χ4n) is 3.75. The quantitative estimate of drug-likeness (QED) is 0.640. The lowest BCUT2D eigenvalue weighted by Gasteiger charge is -2.34. The number of aliphatic hydroxyl groups is 1. The highest BCUT2D eigenvalue weighted by Crippen LogP contribution is 2.25. The van der Waals surface area contributed by atoms with Crippen LogP contribution in [0.3, 0.4) is 0 Å². The zero-order valence-electron chi connectivity index (χ0n) is 14.2. The topological polar surface area (TPSA) is 74.3 Å². The van der Waals surface area contributed by atoms with Gasteiger partial charge in [-0.3, -0.25) is 14.6 Å². The van der Waals surface area contributed by atoms with Crippen molar-refractivity contribution in [1.29, 1.82) is 0 Å². The van der Waals surface area contributed by atoms with Crippen LogP contribution in [0.1, 0.15) is 12.8 Å². The van der Waals surface area contributed by atoms with Crippen LogP contribution >= 0.6 is 0 Å². The normalized spacial score (nSPS) is 33.1. The first kappa shape index (κ1) is 17.8. The fourth-order valence-corrected chi connectivity index (χ4v) is 3.75. The van der Waals surface area contributed by atoms with Gasteiger partial charge in [-0.05, 0) is 12.8 Å². The van der Waals surface area contributed by atoms with E-state index in [1.807, 2.05) is 6.08 Å². The molecule has 2 aliphatic heterocycles. The van der Waals surface area contributed by atoms with Gasteiger partial charge in [0.15, 0.2) is 0 Å². The third-order valence-corrected chi connectivity index (χ3v) is 5.16. The van der Waals surface area contributed by atoms with E-state index in [0.29, 0.717) is 0 Å². The van der Waals surface area contributed by atoms with E-state index < -0.39 is 6.10 Å². The van der Waals surface area contributed by atoms with E-state index in [2.05, 4.69) is 15.1 Å². The van der Waals surface area contributed by atoms with Crippen molar-refractivity contribution in [3.8, 4) is 0 Å². The van der Waals surface area contributed by atoms with E-state index in [4.69, 9.17) is 9.47 Å². The van der Waals surface area contributed by atoms with E-state index in [-0.39, 0.29) is 18.0 Å². The number of nitrogens with one attached hydrogen (secondary N) is 1. The molecule has 0 radical (unpaired) electrons. The standard InChI is InChI=1S/C17H29N3O4/c21-16(2-1-5-19-6-10-23-11-7-19)18-14-3-4-15(17(14)22)20-8-12-24-13-9-20/h1-2,14-15,17,22H,3-13H2,(H,18,21)/b2-1+/t14-,15-,17-/m1/s1. The maximum Gasteiger partial charge on any atom is 0.244 e. The van der Waals surface area contributed by atoms with Gasteiger partial charge in [-0.1, -0.05) is 6.08 Å². The van der Waals surface area contributed by atoms with Crippen molar-refractivity contribution in [1.82, 2.24) is 15.1 Å². The van der Waals surface area contributed by atoms with Gasteiger partial charge in [-0.15, -0.1) is 0 Å². The van der Waals surface area contributed by atoms with Crippen molar-refractivity contribution < 1.29 is 19.4 Å². The van der Waals surface area contributed by atoms with Gasteiger partial charge in [-0.2, -0.15) is 0 Å². The number of ether oxygens (including phenoxy) is 2. The monoisotopic (exact) mass is 339 g/mol. The molecule has 2 saturated heterocycles. The van der Waals surface area contributed by atoms with Crippen LogP contribution in [0.2, 0.25) is 0 Å². The number of aliphatic hydroxyl groups excluding tert-OH is 1. The van der Waals surface area contributed by atoms with Gasteiger partial charge in [-0.25, -0.2) is 0 Å². The largest absolute Gasteiger partial charge is 0.389 e. The van der Waals surface area contributed by atoms with Crippen molar-refractivity contribution in [2.45, 2.75) is 31.0 Å². The molecule has 0 bridgehead atoms. The summed E-state index contributed by atoms with van der Waals surface area (Å²) in [5.41, 5.74) is 0. The summed E-state index contributed by atoms with van der Waals surface area (Å²) in [6.45, 7) is 7.29. The van der Waals surface area contributed by atoms with Crippen LogP contribution in [0.4, 0.5) is 0 Å². The van der Waals surface area contributed by atoms with Gasteiger partial charge in [0.1, 0.15) is 0 Å². The van der Waals surface area contributed by atoms with Crippen LogP contribution in [0.5, 0.6) is 0 Å². The molecule has 0 aromatic heterocycles. The summed E-state index contributed by atoms with van der Waals surface area (Å²) in [7, 11) is 0. The first-order valence-electron chi connectivity index (χ1n) is 9.01. The summed E-state index contributed by atoms with van der Waals surface area (Å²) in [6.07, 6.45) is 4.72. The smallest absolute Gasteiger partial charge is 0.244 e. The number of carbonyl (C=O) groups excluding carboxylic acids is 1. The summed E-state index contributed by atoms with van der Waals surface area (Å²) in [6, 6.07) is -0.0186. The van der Waals surface area contributed by atoms with Gasteiger partial charge in [0.05, 0.1) is 38.6 Å². The second kappa shape index (κ2) is 8.92. The predicted molar refractivity (Wildman–Crippen MR) is 89.8 cm³/mol. The molecular weight excluding hydrogens is 310 g/mol. The van der Waals surface area contributed by atoms with Crippen molar-refractivity contribution in [2.24, 2.45) is 0 Å². The Morgan fingerprint density at radius 2 is 1.75 bits per heavy atom. The van der Waals surface area contributed by atoms with Crippen molar-refractivity contribution >= 4 is 5.91 Å². The average molecular weight is 339 g/mol. The molecule has 1 amide bonds. The van der Waals surface area contributed by atoms with Crippen LogP contribution in [0.15, 0.2) is 12.2 Å². The Balaban J connectivity index is 1.41. The minimum absolute atomic E-state index is 0.116. The van der Waals surface area contributed by atoms with Gasteiger partial charge < -0.3 is 19.9 Å². The highest BCUT2D eigenvalue weighted by atomic mass is 16.5. The maximum atomic E-state index is 12.1. The minimum Gasteiger partial charge on any atom is -0.389 e. The van der Waals surface area contributed by atoms with Gasteiger partial charge in [0, 0.05) is 44.8 Å². The summed E-state index contributed by atoms with van der Waals surface area (Å²) in [5, 5.41) is 13.5. The van der Waals surface area contributed by atoms with Gasteiger partial charge >= 0.3 is 0 Å². The predicted octanol–water partition coefficient (Wildman–Crippen LogP) is -0.785. The molecule has 3 atom stereocenters. The highest BCUT2D eigenvalue weighted by molar-refractivity contribution is 5.87. The summed E-state index contributed by atoms with van der Waals surface area (Å²) in [5.74, 6) is -0.116. The van der Waals surface area contributed by atoms with Crippen molar-refractivity contribution in [3.05, 3.63) is 12.2 Å². The highest BCUT2D eigenvalue weighted by Gasteiger charge is 2.39. The molecule has 1 saturated carbocycles. The summed E-state index contributed by atoms with van der Waals surface area (Å²) in [4.78, 5) is 16.6. The van der Waals surface area contributed by atoms with Crippen molar-refractivity contribution in [2.75, 3.05) is 59.2 Å². The lowest BCUT2D eigenvalue weighted by atomic mass is 10.1. The molecule has 3 aliphatic rings. The Morgan fingerprint density at radius 1 is 1.08 bits per heavy atom. The molecule has 7 nitrogen and oxygen atoms in total. The first-order chi connectivity index (χ1) is 11.7. The van der Waals surface area contributed by atoms with E-state index in [1.54, 1.807) is 6.08 Å². The zero-order chi connectivity index (χ0) is 16.8.